The van der Waals surface area contributed by atoms with E-state index in [9.17, 15) is 19.2 Å². The summed E-state index contributed by atoms with van der Waals surface area (Å²) in [5, 5.41) is 7.63. The molecule has 0 aromatic heterocycles. The van der Waals surface area contributed by atoms with Crippen LogP contribution >= 0.6 is 0 Å². The summed E-state index contributed by atoms with van der Waals surface area (Å²) in [6, 6.07) is 20.1. The molecule has 50 heavy (non-hydrogen) atoms. The molecule has 2 amide bonds. The maximum Gasteiger partial charge on any atom is 0.338 e. The maximum absolute atomic E-state index is 13.7. The number of carbonyl (C=O) groups is 4. The Hall–Kier alpha value is -5.50. The molecule has 254 valence electrons. The van der Waals surface area contributed by atoms with Crippen LogP contribution in [0.5, 0.6) is 11.5 Å². The van der Waals surface area contributed by atoms with Crippen molar-refractivity contribution < 1.29 is 33.4 Å². The smallest absolute Gasteiger partial charge is 0.338 e. The van der Waals surface area contributed by atoms with Crippen LogP contribution in [0.25, 0.3) is 43.1 Å². The van der Waals surface area contributed by atoms with Crippen LogP contribution in [0, 0.1) is 0 Å². The SMILES string of the molecule is CCCCOC(=O)c1ccc2c3ccc4c5c(cc(Oc6ccc(C(C)(C)C)cc6)c(c6ccc(C(=O)OCCCC)c1c26)c53)C(=O)NC4=O. The molecule has 0 radical (unpaired) electrons. The van der Waals surface area contributed by atoms with Gasteiger partial charge in [0.2, 0.25) is 0 Å². The summed E-state index contributed by atoms with van der Waals surface area (Å²) in [5.74, 6) is -1.07. The molecule has 8 heteroatoms. The summed E-state index contributed by atoms with van der Waals surface area (Å²) in [5.41, 5.74) is 2.31. The van der Waals surface area contributed by atoms with E-state index in [4.69, 9.17) is 14.2 Å². The number of nitrogens with one attached hydrogen (secondary N) is 1. The molecule has 0 atom stereocenters. The summed E-state index contributed by atoms with van der Waals surface area (Å²) in [7, 11) is 0. The Morgan fingerprint density at radius 3 is 1.78 bits per heavy atom. The fourth-order valence-electron chi connectivity index (χ4n) is 6.91. The standard InChI is InChI=1S/C42H39NO7/c1-6-8-20-48-40(46)29-18-15-25-26-14-17-28-34-31(39(45)43-38(28)44)22-32(50-24-12-10-23(11-13-24)42(3,4)5)36(37(26)34)27-16-19-30(35(29)33(25)27)41(47)49-21-9-7-2/h10-19,22H,6-9,20-21H2,1-5H3,(H,43,44,45). The van der Waals surface area contributed by atoms with Crippen LogP contribution in [0.4, 0.5) is 0 Å². The molecule has 0 unspecified atom stereocenters. The first kappa shape index (κ1) is 33.0. The van der Waals surface area contributed by atoms with Crippen LogP contribution in [-0.4, -0.2) is 37.0 Å². The largest absolute Gasteiger partial charge is 0.462 e. The molecule has 1 heterocycles. The molecule has 0 spiro atoms. The molecule has 8 nitrogen and oxygen atoms in total. The lowest BCUT2D eigenvalue weighted by molar-refractivity contribution is 0.0500. The average Bonchev–Trinajstić information content (AvgIpc) is 3.09. The van der Waals surface area contributed by atoms with Crippen LogP contribution in [0.2, 0.25) is 0 Å². The second kappa shape index (κ2) is 12.8. The number of unbranched alkanes of at least 4 members (excludes halogenated alkanes) is 2. The number of carbonyl (C=O) groups excluding carboxylic acids is 4. The number of benzene rings is 6. The lowest BCUT2D eigenvalue weighted by atomic mass is 9.83. The summed E-state index contributed by atoms with van der Waals surface area (Å²) in [6.07, 6.45) is 3.14. The summed E-state index contributed by atoms with van der Waals surface area (Å²) in [6.45, 7) is 11.0. The Morgan fingerprint density at radius 1 is 0.620 bits per heavy atom. The van der Waals surface area contributed by atoms with E-state index >= 15 is 0 Å². The van der Waals surface area contributed by atoms with Crippen LogP contribution in [0.3, 0.4) is 0 Å². The van der Waals surface area contributed by atoms with E-state index in [0.717, 1.165) is 29.2 Å². The second-order valence-electron chi connectivity index (χ2n) is 13.9. The van der Waals surface area contributed by atoms with Gasteiger partial charge in [-0.15, -0.1) is 0 Å². The first-order chi connectivity index (χ1) is 24.0. The molecule has 0 fully saturated rings. The number of esters is 2. The highest BCUT2D eigenvalue weighted by molar-refractivity contribution is 6.41. The lowest BCUT2D eigenvalue weighted by Crippen LogP contribution is -2.34. The fraction of sp³-hybridized carbons (Fsp3) is 0.286. The molecule has 1 aliphatic heterocycles. The predicted octanol–water partition coefficient (Wildman–Crippen LogP) is 9.62. The predicted molar refractivity (Wildman–Crippen MR) is 195 cm³/mol. The Balaban J connectivity index is 1.57. The first-order valence-electron chi connectivity index (χ1n) is 17.3. The van der Waals surface area contributed by atoms with Gasteiger partial charge >= 0.3 is 11.9 Å². The van der Waals surface area contributed by atoms with Crippen molar-refractivity contribution in [1.29, 1.82) is 0 Å². The molecule has 0 saturated heterocycles. The van der Waals surface area contributed by atoms with Crippen LogP contribution < -0.4 is 10.1 Å². The summed E-state index contributed by atoms with van der Waals surface area (Å²) in [4.78, 5) is 53.8. The molecule has 6 aromatic carbocycles. The fourth-order valence-corrected chi connectivity index (χ4v) is 6.91. The van der Waals surface area contributed by atoms with E-state index in [0.29, 0.717) is 67.8 Å². The van der Waals surface area contributed by atoms with E-state index in [1.165, 1.54) is 0 Å². The van der Waals surface area contributed by atoms with Gasteiger partial charge in [-0.25, -0.2) is 9.59 Å². The monoisotopic (exact) mass is 669 g/mol. The molecule has 6 aromatic rings. The van der Waals surface area contributed by atoms with E-state index in [-0.39, 0.29) is 29.8 Å². The number of rotatable bonds is 10. The highest BCUT2D eigenvalue weighted by Gasteiger charge is 2.31. The molecule has 0 bridgehead atoms. The van der Waals surface area contributed by atoms with Gasteiger partial charge in [0.15, 0.2) is 0 Å². The zero-order chi connectivity index (χ0) is 35.3. The Bertz CT molecular complexity index is 2320. The number of fused-ring (bicyclic) bond motifs is 2. The zero-order valence-electron chi connectivity index (χ0n) is 29.0. The number of amides is 2. The van der Waals surface area contributed by atoms with Crippen molar-refractivity contribution in [3.8, 4) is 11.5 Å². The molecule has 0 saturated carbocycles. The number of hydrogen-bond donors (Lipinski definition) is 1. The zero-order valence-corrected chi connectivity index (χ0v) is 29.0. The molecular weight excluding hydrogens is 630 g/mol. The average molecular weight is 670 g/mol. The third-order valence-corrected chi connectivity index (χ3v) is 9.53. The number of ether oxygens (including phenoxy) is 3. The van der Waals surface area contributed by atoms with Crippen molar-refractivity contribution in [3.05, 3.63) is 94.5 Å². The van der Waals surface area contributed by atoms with Crippen molar-refractivity contribution >= 4 is 66.8 Å². The highest BCUT2D eigenvalue weighted by atomic mass is 16.5. The maximum atomic E-state index is 13.7. The third kappa shape index (κ3) is 5.49. The van der Waals surface area contributed by atoms with Gasteiger partial charge in [0, 0.05) is 27.1 Å². The topological polar surface area (TPSA) is 108 Å². The van der Waals surface area contributed by atoms with E-state index in [2.05, 4.69) is 26.1 Å². The van der Waals surface area contributed by atoms with Crippen LogP contribution in [0.1, 0.15) is 107 Å². The van der Waals surface area contributed by atoms with Crippen molar-refractivity contribution in [2.75, 3.05) is 13.2 Å². The Labute approximate surface area is 290 Å². The van der Waals surface area contributed by atoms with Crippen LogP contribution in [0.15, 0.2) is 66.7 Å². The molecule has 1 aliphatic rings. The van der Waals surface area contributed by atoms with E-state index < -0.39 is 23.8 Å². The normalized spacial score (nSPS) is 13.0. The van der Waals surface area contributed by atoms with E-state index in [1.807, 2.05) is 56.3 Å². The Morgan fingerprint density at radius 2 is 1.18 bits per heavy atom. The van der Waals surface area contributed by atoms with Gasteiger partial charge in [-0.2, -0.15) is 0 Å². The van der Waals surface area contributed by atoms with Gasteiger partial charge in [0.05, 0.1) is 29.9 Å². The highest BCUT2D eigenvalue weighted by Crippen LogP contribution is 2.49. The summed E-state index contributed by atoms with van der Waals surface area (Å²) >= 11 is 0. The molecule has 0 aliphatic carbocycles. The third-order valence-electron chi connectivity index (χ3n) is 9.53. The number of imide groups is 1. The minimum Gasteiger partial charge on any atom is -0.462 e. The second-order valence-corrected chi connectivity index (χ2v) is 13.9. The number of hydrogen-bond acceptors (Lipinski definition) is 7. The van der Waals surface area contributed by atoms with Crippen molar-refractivity contribution in [2.45, 2.75) is 65.7 Å². The lowest BCUT2D eigenvalue weighted by Gasteiger charge is -2.24. The van der Waals surface area contributed by atoms with Gasteiger partial charge in [-0.3, -0.25) is 14.9 Å². The summed E-state index contributed by atoms with van der Waals surface area (Å²) < 4.78 is 18.0. The van der Waals surface area contributed by atoms with Gasteiger partial charge in [0.25, 0.3) is 11.8 Å². The molecule has 1 N–H and O–H groups in total. The van der Waals surface area contributed by atoms with Crippen molar-refractivity contribution in [1.82, 2.24) is 5.32 Å². The van der Waals surface area contributed by atoms with Gasteiger partial charge < -0.3 is 14.2 Å². The quantitative estimate of drug-likeness (QED) is 0.0509. The molecular formula is C42H39NO7. The minimum atomic E-state index is -0.529. The Kier molecular flexibility index (Phi) is 8.42. The van der Waals surface area contributed by atoms with E-state index in [1.54, 1.807) is 24.3 Å². The van der Waals surface area contributed by atoms with Gasteiger partial charge in [-0.1, -0.05) is 77.8 Å². The molecule has 7 rings (SSSR count). The van der Waals surface area contributed by atoms with Crippen LogP contribution in [-0.2, 0) is 14.9 Å². The van der Waals surface area contributed by atoms with Crippen molar-refractivity contribution in [2.24, 2.45) is 0 Å². The van der Waals surface area contributed by atoms with Gasteiger partial charge in [0.1, 0.15) is 11.5 Å². The van der Waals surface area contributed by atoms with Crippen molar-refractivity contribution in [3.63, 3.8) is 0 Å². The minimum absolute atomic E-state index is 0.0578. The van der Waals surface area contributed by atoms with Gasteiger partial charge in [-0.05, 0) is 81.8 Å². The first-order valence-corrected chi connectivity index (χ1v) is 17.3.